The minimum absolute atomic E-state index is 0.172. The maximum atomic E-state index is 12.9. The van der Waals surface area contributed by atoms with Gasteiger partial charge in [0.2, 0.25) is 0 Å². The van der Waals surface area contributed by atoms with Crippen LogP contribution in [0.3, 0.4) is 0 Å². The van der Waals surface area contributed by atoms with E-state index in [1.54, 1.807) is 6.07 Å². The lowest BCUT2D eigenvalue weighted by Gasteiger charge is -2.20. The summed E-state index contributed by atoms with van der Waals surface area (Å²) in [6.07, 6.45) is 5.23. The Labute approximate surface area is 90.3 Å². The highest BCUT2D eigenvalue weighted by Gasteiger charge is 2.22. The highest BCUT2D eigenvalue weighted by Crippen LogP contribution is 2.29. The first-order valence-electron chi connectivity index (χ1n) is 5.59. The van der Waals surface area contributed by atoms with E-state index in [2.05, 4.69) is 13.0 Å². The molecule has 2 rings (SSSR count). The molecule has 0 N–H and O–H groups in total. The molecule has 1 atom stereocenters. The molecule has 0 aliphatic heterocycles. The van der Waals surface area contributed by atoms with Gasteiger partial charge in [0.05, 0.1) is 6.10 Å². The SMILES string of the molecule is CC(Oc1[c]ccc(F)c1)C1CCCC1. The van der Waals surface area contributed by atoms with Crippen molar-refractivity contribution in [3.05, 3.63) is 30.1 Å². The fourth-order valence-electron chi connectivity index (χ4n) is 2.21. The van der Waals surface area contributed by atoms with Crippen LogP contribution in [0, 0.1) is 17.8 Å². The molecule has 1 fully saturated rings. The lowest BCUT2D eigenvalue weighted by molar-refractivity contribution is 0.153. The normalized spacial score (nSPS) is 19.1. The average molecular weight is 207 g/mol. The third-order valence-electron chi connectivity index (χ3n) is 3.11. The third kappa shape index (κ3) is 2.71. The highest BCUT2D eigenvalue weighted by atomic mass is 19.1. The second-order valence-corrected chi connectivity index (χ2v) is 4.24. The molecule has 0 spiro atoms. The van der Waals surface area contributed by atoms with Crippen LogP contribution in [0.25, 0.3) is 0 Å². The third-order valence-corrected chi connectivity index (χ3v) is 3.11. The van der Waals surface area contributed by atoms with E-state index in [0.717, 1.165) is 0 Å². The van der Waals surface area contributed by atoms with Gasteiger partial charge >= 0.3 is 0 Å². The van der Waals surface area contributed by atoms with Crippen molar-refractivity contribution in [1.82, 2.24) is 0 Å². The van der Waals surface area contributed by atoms with Gasteiger partial charge in [0, 0.05) is 12.1 Å². The van der Waals surface area contributed by atoms with Crippen LogP contribution >= 0.6 is 0 Å². The summed E-state index contributed by atoms with van der Waals surface area (Å²) >= 11 is 0. The number of benzene rings is 1. The van der Waals surface area contributed by atoms with Crippen LogP contribution in [0.4, 0.5) is 4.39 Å². The molecule has 0 aromatic heterocycles. The fraction of sp³-hybridized carbons (Fsp3) is 0.538. The molecule has 0 saturated heterocycles. The summed E-state index contributed by atoms with van der Waals surface area (Å²) in [6.45, 7) is 2.06. The fourth-order valence-corrected chi connectivity index (χ4v) is 2.21. The van der Waals surface area contributed by atoms with Crippen molar-refractivity contribution in [2.24, 2.45) is 5.92 Å². The summed E-state index contributed by atoms with van der Waals surface area (Å²) in [7, 11) is 0. The van der Waals surface area contributed by atoms with Gasteiger partial charge in [0.15, 0.2) is 0 Å². The Hall–Kier alpha value is -1.05. The molecular formula is C13H16FO. The Bertz CT molecular complexity index is 318. The van der Waals surface area contributed by atoms with Gasteiger partial charge in [-0.15, -0.1) is 0 Å². The van der Waals surface area contributed by atoms with Gasteiger partial charge < -0.3 is 4.74 Å². The summed E-state index contributed by atoms with van der Waals surface area (Å²) in [5.41, 5.74) is 0. The second kappa shape index (κ2) is 4.65. The average Bonchev–Trinajstić information content (AvgIpc) is 2.70. The summed E-state index contributed by atoms with van der Waals surface area (Å²) in [5, 5.41) is 0. The molecule has 81 valence electrons. The van der Waals surface area contributed by atoms with Gasteiger partial charge in [-0.1, -0.05) is 12.8 Å². The zero-order valence-electron chi connectivity index (χ0n) is 9.00. The maximum absolute atomic E-state index is 12.9. The van der Waals surface area contributed by atoms with Crippen LogP contribution in [-0.4, -0.2) is 6.10 Å². The minimum atomic E-state index is -0.262. The van der Waals surface area contributed by atoms with Gasteiger partial charge in [-0.25, -0.2) is 4.39 Å². The highest BCUT2D eigenvalue weighted by molar-refractivity contribution is 5.21. The largest absolute Gasteiger partial charge is 0.490 e. The van der Waals surface area contributed by atoms with E-state index in [9.17, 15) is 4.39 Å². The monoisotopic (exact) mass is 207 g/mol. The molecule has 1 saturated carbocycles. The van der Waals surface area contributed by atoms with Gasteiger partial charge in [-0.2, -0.15) is 0 Å². The Balaban J connectivity index is 1.95. The smallest absolute Gasteiger partial charge is 0.130 e. The Morgan fingerprint density at radius 1 is 1.47 bits per heavy atom. The summed E-state index contributed by atoms with van der Waals surface area (Å²) in [4.78, 5) is 0. The first kappa shape index (κ1) is 10.5. The predicted octanol–water partition coefficient (Wildman–Crippen LogP) is 3.58. The van der Waals surface area contributed by atoms with Crippen molar-refractivity contribution in [3.63, 3.8) is 0 Å². The lowest BCUT2D eigenvalue weighted by Crippen LogP contribution is -2.21. The molecule has 1 aromatic rings. The maximum Gasteiger partial charge on any atom is 0.130 e. The standard InChI is InChI=1S/C13H16FO/c1-10(11-5-2-3-6-11)15-13-8-4-7-12(14)9-13/h4,7,9-11H,2-3,5-6H2,1H3. The van der Waals surface area contributed by atoms with E-state index in [-0.39, 0.29) is 11.9 Å². The van der Waals surface area contributed by atoms with Gasteiger partial charge in [-0.3, -0.25) is 0 Å². The molecule has 15 heavy (non-hydrogen) atoms. The van der Waals surface area contributed by atoms with E-state index in [4.69, 9.17) is 4.74 Å². The molecule has 1 radical (unpaired) electrons. The van der Waals surface area contributed by atoms with Gasteiger partial charge in [0.1, 0.15) is 11.6 Å². The predicted molar refractivity (Wildman–Crippen MR) is 57.3 cm³/mol. The molecule has 1 aliphatic carbocycles. The Kier molecular flexibility index (Phi) is 3.24. The van der Waals surface area contributed by atoms with Gasteiger partial charge in [-0.05, 0) is 37.8 Å². The van der Waals surface area contributed by atoms with E-state index in [1.807, 2.05) is 0 Å². The van der Waals surface area contributed by atoms with Crippen LogP contribution < -0.4 is 4.74 Å². The molecule has 1 aromatic carbocycles. The lowest BCUT2D eigenvalue weighted by atomic mass is 10.0. The molecule has 1 aliphatic rings. The number of ether oxygens (including phenoxy) is 1. The van der Waals surface area contributed by atoms with E-state index in [0.29, 0.717) is 11.7 Å². The molecule has 1 nitrogen and oxygen atoms in total. The zero-order valence-corrected chi connectivity index (χ0v) is 9.00. The van der Waals surface area contributed by atoms with E-state index < -0.39 is 0 Å². The van der Waals surface area contributed by atoms with Crippen LogP contribution in [0.2, 0.25) is 0 Å². The topological polar surface area (TPSA) is 9.23 Å². The Morgan fingerprint density at radius 3 is 2.87 bits per heavy atom. The number of halogens is 1. The van der Waals surface area contributed by atoms with Crippen molar-refractivity contribution in [2.45, 2.75) is 38.7 Å². The summed E-state index contributed by atoms with van der Waals surface area (Å²) in [6, 6.07) is 7.24. The van der Waals surface area contributed by atoms with Gasteiger partial charge in [0.25, 0.3) is 0 Å². The summed E-state index contributed by atoms with van der Waals surface area (Å²) in [5.74, 6) is 0.887. The number of hydrogen-bond donors (Lipinski definition) is 0. The van der Waals surface area contributed by atoms with Crippen LogP contribution in [0.1, 0.15) is 32.6 Å². The van der Waals surface area contributed by atoms with Crippen LogP contribution in [0.15, 0.2) is 18.2 Å². The molecular weight excluding hydrogens is 191 g/mol. The van der Waals surface area contributed by atoms with Crippen LogP contribution in [-0.2, 0) is 0 Å². The molecule has 0 heterocycles. The second-order valence-electron chi connectivity index (χ2n) is 4.24. The van der Waals surface area contributed by atoms with Crippen molar-refractivity contribution < 1.29 is 9.13 Å². The van der Waals surface area contributed by atoms with Crippen molar-refractivity contribution >= 4 is 0 Å². The molecule has 0 amide bonds. The number of hydrogen-bond acceptors (Lipinski definition) is 1. The first-order chi connectivity index (χ1) is 7.25. The van der Waals surface area contributed by atoms with Crippen molar-refractivity contribution in [1.29, 1.82) is 0 Å². The summed E-state index contributed by atoms with van der Waals surface area (Å²) < 4.78 is 18.6. The molecule has 1 unspecified atom stereocenters. The first-order valence-corrected chi connectivity index (χ1v) is 5.59. The quantitative estimate of drug-likeness (QED) is 0.736. The number of rotatable bonds is 3. The van der Waals surface area contributed by atoms with E-state index in [1.165, 1.54) is 37.8 Å². The van der Waals surface area contributed by atoms with Crippen molar-refractivity contribution in [3.8, 4) is 5.75 Å². The Morgan fingerprint density at radius 2 is 2.20 bits per heavy atom. The van der Waals surface area contributed by atoms with Crippen LogP contribution in [0.5, 0.6) is 5.75 Å². The molecule has 0 bridgehead atoms. The molecule has 2 heteroatoms. The van der Waals surface area contributed by atoms with E-state index >= 15 is 0 Å². The minimum Gasteiger partial charge on any atom is -0.490 e. The zero-order chi connectivity index (χ0) is 10.7. The van der Waals surface area contributed by atoms with Crippen molar-refractivity contribution in [2.75, 3.05) is 0 Å².